The predicted molar refractivity (Wildman–Crippen MR) is 48.9 cm³/mol. The van der Waals surface area contributed by atoms with E-state index in [2.05, 4.69) is 0 Å². The summed E-state index contributed by atoms with van der Waals surface area (Å²) in [5.74, 6) is 0. The molecule has 0 saturated carbocycles. The molecule has 0 radical (unpaired) electrons. The molecule has 0 bridgehead atoms. The zero-order valence-corrected chi connectivity index (χ0v) is 10.3. The van der Waals surface area contributed by atoms with E-state index < -0.39 is 0 Å². The van der Waals surface area contributed by atoms with Crippen LogP contribution in [-0.4, -0.2) is 46.1 Å². The molecule has 0 aromatic rings. The van der Waals surface area contributed by atoms with Crippen molar-refractivity contribution in [3.63, 3.8) is 0 Å². The summed E-state index contributed by atoms with van der Waals surface area (Å²) in [6.45, 7) is 0. The van der Waals surface area contributed by atoms with E-state index in [1.54, 1.807) is 0 Å². The SMILES string of the molecule is Br.Cl.I.[H-].[H-].[H-].[H-].[Mg+2].[Mg+2]. The molecule has 0 heterocycles. The first kappa shape index (κ1) is 43.2. The summed E-state index contributed by atoms with van der Waals surface area (Å²) < 4.78 is 0. The van der Waals surface area contributed by atoms with Crippen LogP contribution in [0.25, 0.3) is 0 Å². The molecule has 0 aliphatic heterocycles. The quantitative estimate of drug-likeness (QED) is 0.467. The van der Waals surface area contributed by atoms with Crippen LogP contribution in [0.3, 0.4) is 0 Å². The van der Waals surface area contributed by atoms with Crippen LogP contribution in [-0.2, 0) is 0 Å². The molecule has 5 heteroatoms. The van der Waals surface area contributed by atoms with Crippen molar-refractivity contribution >= 4 is 99.5 Å². The molecule has 0 atom stereocenters. The maximum absolute atomic E-state index is 0. The van der Waals surface area contributed by atoms with Crippen molar-refractivity contribution in [3.05, 3.63) is 0 Å². The van der Waals surface area contributed by atoms with Crippen LogP contribution >= 0.6 is 53.4 Å². The van der Waals surface area contributed by atoms with E-state index >= 15 is 0 Å². The molecule has 0 N–H and O–H groups in total. The van der Waals surface area contributed by atoms with Crippen LogP contribution in [0.5, 0.6) is 0 Å². The van der Waals surface area contributed by atoms with E-state index in [1.165, 1.54) is 0 Å². The third kappa shape index (κ3) is 19.4. The van der Waals surface area contributed by atoms with Crippen molar-refractivity contribution in [2.24, 2.45) is 0 Å². The third-order valence-corrected chi connectivity index (χ3v) is 0. The summed E-state index contributed by atoms with van der Waals surface area (Å²) in [6, 6.07) is 0. The molecule has 0 aliphatic rings. The Balaban J connectivity index is 0. The molecule has 0 unspecified atom stereocenters. The molecule has 0 nitrogen and oxygen atoms in total. The van der Waals surface area contributed by atoms with Crippen molar-refractivity contribution in [1.82, 2.24) is 0 Å². The average Bonchev–Trinajstić information content (AvgIpc) is 0. The van der Waals surface area contributed by atoms with E-state index in [9.17, 15) is 0 Å². The van der Waals surface area contributed by atoms with E-state index in [0.29, 0.717) is 0 Å². The Morgan fingerprint density at radius 3 is 1.00 bits per heavy atom. The Morgan fingerprint density at radius 1 is 1.00 bits per heavy atom. The Labute approximate surface area is 104 Å². The van der Waals surface area contributed by atoms with Gasteiger partial charge in [-0.15, -0.1) is 53.4 Å². The maximum atomic E-state index is 0. The van der Waals surface area contributed by atoms with Gasteiger partial charge >= 0.3 is 46.1 Å². The van der Waals surface area contributed by atoms with Crippen LogP contribution in [0.4, 0.5) is 0 Å². The Hall–Kier alpha value is 3.03. The van der Waals surface area contributed by atoms with Crippen LogP contribution in [0.1, 0.15) is 5.71 Å². The van der Waals surface area contributed by atoms with Gasteiger partial charge < -0.3 is 5.71 Å². The van der Waals surface area contributed by atoms with Gasteiger partial charge in [-0.2, -0.15) is 0 Å². The van der Waals surface area contributed by atoms with Gasteiger partial charge in [0, 0.05) is 0 Å². The minimum atomic E-state index is 0. The maximum Gasteiger partial charge on any atom is 2.00 e. The Morgan fingerprint density at radius 2 is 1.00 bits per heavy atom. The first-order chi connectivity index (χ1) is 0. The second kappa shape index (κ2) is 27.8. The predicted octanol–water partition coefficient (Wildman–Crippen LogP) is 1.31. The summed E-state index contributed by atoms with van der Waals surface area (Å²) in [6.07, 6.45) is 0. The standard InChI is InChI=1S/BrH.ClH.HI.2Mg.4H/h3*1H;;;;;;/q;;;2*+2;4*-1. The topological polar surface area (TPSA) is 0 Å². The molecule has 0 amide bonds. The van der Waals surface area contributed by atoms with Crippen molar-refractivity contribution in [1.29, 1.82) is 0 Å². The largest absolute Gasteiger partial charge is 2.00 e. The molecule has 0 aromatic carbocycles. The van der Waals surface area contributed by atoms with Crippen molar-refractivity contribution in [2.45, 2.75) is 0 Å². The van der Waals surface area contributed by atoms with Crippen molar-refractivity contribution in [2.75, 3.05) is 0 Å². The van der Waals surface area contributed by atoms with E-state index in [1.807, 2.05) is 0 Å². The summed E-state index contributed by atoms with van der Waals surface area (Å²) in [5.41, 5.74) is 0. The second-order valence-electron chi connectivity index (χ2n) is 0. The molecule has 0 aromatic heterocycles. The Bertz CT molecular complexity index is 18.5. The van der Waals surface area contributed by atoms with Gasteiger partial charge in [0.2, 0.25) is 0 Å². The minimum absolute atomic E-state index is 0. The van der Waals surface area contributed by atoms with Crippen LogP contribution in [0.2, 0.25) is 0 Å². The number of hydrogen-bond acceptors (Lipinski definition) is 0. The van der Waals surface area contributed by atoms with Gasteiger partial charge in [0.15, 0.2) is 0 Å². The molecule has 0 saturated heterocycles. The molecule has 0 fully saturated rings. The monoisotopic (exact) mass is 296 g/mol. The van der Waals surface area contributed by atoms with Gasteiger partial charge in [-0.3, -0.25) is 0 Å². The molecule has 0 spiro atoms. The van der Waals surface area contributed by atoms with Gasteiger partial charge in [-0.05, 0) is 0 Å². The molecular formula is H7BrClIMg2. The first-order valence-corrected chi connectivity index (χ1v) is 0. The molecule has 5 heavy (non-hydrogen) atoms. The summed E-state index contributed by atoms with van der Waals surface area (Å²) >= 11 is 0. The number of hydrogen-bond donors (Lipinski definition) is 0. The third-order valence-electron chi connectivity index (χ3n) is 0. The van der Waals surface area contributed by atoms with Gasteiger partial charge in [0.25, 0.3) is 0 Å². The first-order valence-electron chi connectivity index (χ1n) is 0. The van der Waals surface area contributed by atoms with Crippen LogP contribution in [0.15, 0.2) is 0 Å². The van der Waals surface area contributed by atoms with Gasteiger partial charge in [-0.1, -0.05) is 0 Å². The van der Waals surface area contributed by atoms with Gasteiger partial charge in [0.05, 0.1) is 0 Å². The smallest absolute Gasteiger partial charge is 1.00 e. The van der Waals surface area contributed by atoms with Crippen molar-refractivity contribution < 1.29 is 5.71 Å². The molecule has 0 rings (SSSR count). The van der Waals surface area contributed by atoms with Crippen LogP contribution < -0.4 is 0 Å². The van der Waals surface area contributed by atoms with E-state index in [-0.39, 0.29) is 105 Å². The zero-order chi connectivity index (χ0) is 0. The fourth-order valence-corrected chi connectivity index (χ4v) is 0. The molecule has 0 aliphatic carbocycles. The zero-order valence-electron chi connectivity index (χ0n) is 6.64. The number of rotatable bonds is 0. The van der Waals surface area contributed by atoms with Gasteiger partial charge in [-0.25, -0.2) is 0 Å². The van der Waals surface area contributed by atoms with Crippen LogP contribution in [0, 0.1) is 0 Å². The summed E-state index contributed by atoms with van der Waals surface area (Å²) in [5, 5.41) is 0. The average molecular weight is 298 g/mol. The molecular weight excluding hydrogens is 291 g/mol. The normalized spacial score (nSPS) is 0. The second-order valence-corrected chi connectivity index (χ2v) is 0. The fourth-order valence-electron chi connectivity index (χ4n) is 0. The Kier molecular flexibility index (Phi) is 240. The van der Waals surface area contributed by atoms with Crippen molar-refractivity contribution in [3.8, 4) is 0 Å². The minimum Gasteiger partial charge on any atom is -1.00 e. The summed E-state index contributed by atoms with van der Waals surface area (Å²) in [7, 11) is 0. The van der Waals surface area contributed by atoms with E-state index in [4.69, 9.17) is 0 Å². The number of halogens is 3. The van der Waals surface area contributed by atoms with E-state index in [0.717, 1.165) is 0 Å². The summed E-state index contributed by atoms with van der Waals surface area (Å²) in [4.78, 5) is 0. The fraction of sp³-hybridized carbons (Fsp3) is 0. The molecule has 32 valence electrons. The van der Waals surface area contributed by atoms with Gasteiger partial charge in [0.1, 0.15) is 0 Å².